The number of pyridine rings is 8. The Labute approximate surface area is 658 Å². The maximum Gasteiger partial charge on any atom is 0.259 e. The Hall–Kier alpha value is -12.3. The van der Waals surface area contributed by atoms with Crippen molar-refractivity contribution in [2.75, 3.05) is 31.1 Å². The first-order valence-electron chi connectivity index (χ1n) is 34.5. The highest BCUT2D eigenvalue weighted by Crippen LogP contribution is 2.31. The number of aromatic nitrogens is 13. The van der Waals surface area contributed by atoms with Gasteiger partial charge in [0.05, 0.1) is 26.3 Å². The number of fused-ring (bicyclic) bond motifs is 7. The van der Waals surface area contributed by atoms with Gasteiger partial charge in [0.25, 0.3) is 27.8 Å². The molecule has 0 amide bonds. The molecule has 15 aromatic rings. The molecule has 0 radical (unpaired) electrons. The predicted molar refractivity (Wildman–Crippen MR) is 441 cm³/mol. The first-order valence-corrected chi connectivity index (χ1v) is 42.9. The number of nitrogens with zero attached hydrogens (tertiary/aromatic N) is 14. The van der Waals surface area contributed by atoms with Gasteiger partial charge in [0, 0.05) is 115 Å². The van der Waals surface area contributed by atoms with Gasteiger partial charge in [-0.25, -0.2) is 42.5 Å². The fraction of sp³-hybridized carbons (Fsp3) is 0.198. The van der Waals surface area contributed by atoms with E-state index in [1.54, 1.807) is 11.3 Å². The number of furan rings is 2. The second kappa shape index (κ2) is 35.2. The van der Waals surface area contributed by atoms with E-state index < -0.39 is 45.0 Å². The van der Waals surface area contributed by atoms with Gasteiger partial charge in [-0.2, -0.15) is 0 Å². The Morgan fingerprint density at radius 2 is 0.848 bits per heavy atom. The number of terminal acetylenes is 2. The molecule has 1 fully saturated rings. The molecule has 15 aromatic heterocycles. The van der Waals surface area contributed by atoms with Crippen LogP contribution in [0.1, 0.15) is 45.6 Å². The third-order valence-corrected chi connectivity index (χ3v) is 18.8. The zero-order valence-electron chi connectivity index (χ0n) is 62.8. The van der Waals surface area contributed by atoms with Crippen LogP contribution in [0.3, 0.4) is 0 Å². The van der Waals surface area contributed by atoms with Crippen LogP contribution in [0.15, 0.2) is 185 Å². The van der Waals surface area contributed by atoms with Crippen molar-refractivity contribution < 1.29 is 31.5 Å². The molecular formula is C81H73ClF4IN15O8Si2. The van der Waals surface area contributed by atoms with Crippen LogP contribution < -0.4 is 38.0 Å². The van der Waals surface area contributed by atoms with E-state index in [0.29, 0.717) is 73.9 Å². The van der Waals surface area contributed by atoms with Crippen molar-refractivity contribution in [1.29, 1.82) is 0 Å². The van der Waals surface area contributed by atoms with Crippen molar-refractivity contribution in [2.45, 2.75) is 80.8 Å². The Morgan fingerprint density at radius 1 is 0.473 bits per heavy atom. The fourth-order valence-electron chi connectivity index (χ4n) is 10.9. The van der Waals surface area contributed by atoms with Crippen molar-refractivity contribution in [2.24, 2.45) is 0 Å². The van der Waals surface area contributed by atoms with Crippen LogP contribution >= 0.6 is 34.2 Å². The molecule has 16 heterocycles. The lowest BCUT2D eigenvalue weighted by atomic mass is 10.2. The van der Waals surface area contributed by atoms with Gasteiger partial charge in [-0.3, -0.25) is 60.9 Å². The van der Waals surface area contributed by atoms with Crippen LogP contribution in [0.4, 0.5) is 23.2 Å². The van der Waals surface area contributed by atoms with Gasteiger partial charge < -0.3 is 24.2 Å². The van der Waals surface area contributed by atoms with E-state index in [0.717, 1.165) is 120 Å². The molecule has 570 valence electrons. The van der Waals surface area contributed by atoms with Crippen LogP contribution in [0, 0.1) is 104 Å². The molecule has 0 atom stereocenters. The minimum Gasteiger partial charge on any atom is -0.505 e. The molecule has 1 aliphatic rings. The van der Waals surface area contributed by atoms with E-state index in [-0.39, 0.29) is 33.1 Å². The van der Waals surface area contributed by atoms with Gasteiger partial charge in [0.2, 0.25) is 0 Å². The average molecular weight is 1680 g/mol. The van der Waals surface area contributed by atoms with Crippen molar-refractivity contribution >= 4 is 106 Å². The highest BCUT2D eigenvalue weighted by atomic mass is 127. The topological polar surface area (TPSA) is 272 Å². The SMILES string of the molecule is C#C[Si](C)(C)C.C#Cc1cc(=O)n2cc(F)ccc2n1.C[Si](C)(C)C#Cc1cc(=O)n2cc(F)ccc2n1.Cc1cc(I)c(O)c(C)n1.Cc1cc2cc(-c3cc(=O)n4cc(F)ccc4n3)oc2c(C)n1.Cc1cc2cc(-c3cc(=O)n4cc(N5CCNCC5)ccc4n3)oc2c(C)n1.O=c1cc(Cl)nc2ccc(F)cn12. The summed E-state index contributed by atoms with van der Waals surface area (Å²) >= 11 is 7.63. The zero-order chi connectivity index (χ0) is 81.2. The number of rotatable bonds is 3. The van der Waals surface area contributed by atoms with Gasteiger partial charge in [-0.05, 0) is 161 Å². The van der Waals surface area contributed by atoms with Crippen LogP contribution in [0.2, 0.25) is 44.4 Å². The lowest BCUT2D eigenvalue weighted by molar-refractivity contribution is 0.463. The van der Waals surface area contributed by atoms with Crippen LogP contribution in [0.5, 0.6) is 5.75 Å². The number of anilines is 1. The number of hydrogen-bond donors (Lipinski definition) is 2. The average Bonchev–Trinajstić information content (AvgIpc) is 1.58. The number of aromatic hydroxyl groups is 1. The summed E-state index contributed by atoms with van der Waals surface area (Å²) in [5.41, 5.74) is 15.5. The lowest BCUT2D eigenvalue weighted by Crippen LogP contribution is -2.43. The first-order chi connectivity index (χ1) is 53.0. The third-order valence-electron chi connectivity index (χ3n) is 16.1. The minimum absolute atomic E-state index is 0.108. The van der Waals surface area contributed by atoms with Crippen molar-refractivity contribution in [1.82, 2.24) is 67.2 Å². The molecular weight excluding hydrogens is 1610 g/mol. The van der Waals surface area contributed by atoms with E-state index in [9.17, 15) is 46.6 Å². The summed E-state index contributed by atoms with van der Waals surface area (Å²) in [7, 11) is -2.61. The maximum atomic E-state index is 13.2. The molecule has 2 N–H and O–H groups in total. The monoisotopic (exact) mass is 1680 g/mol. The van der Waals surface area contributed by atoms with Crippen LogP contribution in [-0.2, 0) is 0 Å². The maximum absolute atomic E-state index is 13.2. The standard InChI is InChI=1S/C21H21N5O2.C17H12FN3O2.C13H13FN2OSi.C10H5FN2O.C8H4ClFN2O.C7H8INO.C5H10Si/c1-13-9-15-10-18(28-21(15)14(2)23-13)17-11-20(27)26-12-16(3-4-19(26)24-17)25-7-5-22-6-8-25;1-9-5-11-6-14(23-17(11)10(2)19-9)13-7-16(22)21-8-12(18)3-4-15(21)20-13;1-18(2,3)7-6-11-8-13(17)16-9-10(14)4-5-12(16)15-11;1-2-8-5-10(14)13-6-7(11)3-4-9(13)12-8;9-6-3-8(13)12-4-5(10)1-2-7(12)11-6;1-4-3-6(8)7(10)5(2)9-4;1-5-6(2,3)4/h3-4,9-12,22H,5-8H2,1-2H3;3-8H,1-2H3;4-5,8-9H,1-3H3;1,3-6H;1-4H;3,10H,1-2H3;1H,2-4H3. The van der Waals surface area contributed by atoms with Gasteiger partial charge in [0.1, 0.15) is 101 Å². The van der Waals surface area contributed by atoms with E-state index in [2.05, 4.69) is 135 Å². The molecule has 0 aliphatic carbocycles. The summed E-state index contributed by atoms with van der Waals surface area (Å²) in [5, 5.41) is 14.6. The molecule has 0 spiro atoms. The van der Waals surface area contributed by atoms with Crippen molar-refractivity contribution in [3.8, 4) is 64.4 Å². The predicted octanol–water partition coefficient (Wildman–Crippen LogP) is 13.7. The molecule has 112 heavy (non-hydrogen) atoms. The highest BCUT2D eigenvalue weighted by molar-refractivity contribution is 14.1. The number of nitrogens with one attached hydrogen (secondary N) is 1. The van der Waals surface area contributed by atoms with Crippen molar-refractivity contribution in [3.05, 3.63) is 282 Å². The smallest absolute Gasteiger partial charge is 0.259 e. The Kier molecular flexibility index (Phi) is 25.8. The van der Waals surface area contributed by atoms with Gasteiger partial charge in [0.15, 0.2) is 22.7 Å². The second-order valence-electron chi connectivity index (χ2n) is 27.5. The van der Waals surface area contributed by atoms with Crippen LogP contribution in [0.25, 0.3) is 73.1 Å². The summed E-state index contributed by atoms with van der Waals surface area (Å²) in [6.45, 7) is 27.9. The van der Waals surface area contributed by atoms with E-state index in [4.69, 9.17) is 33.3 Å². The molecule has 1 saturated heterocycles. The molecule has 0 aromatic carbocycles. The number of piperazine rings is 1. The highest BCUT2D eigenvalue weighted by Gasteiger charge is 2.18. The third kappa shape index (κ3) is 21.2. The zero-order valence-corrected chi connectivity index (χ0v) is 67.7. The number of aryl methyl sites for hydroxylation is 6. The number of halogens is 6. The summed E-state index contributed by atoms with van der Waals surface area (Å²) < 4.78 is 70.5. The van der Waals surface area contributed by atoms with E-state index in [1.807, 2.05) is 83.3 Å². The van der Waals surface area contributed by atoms with Gasteiger partial charge >= 0.3 is 0 Å². The summed E-state index contributed by atoms with van der Waals surface area (Å²) in [6, 6.07) is 30.6. The molecule has 0 bridgehead atoms. The summed E-state index contributed by atoms with van der Waals surface area (Å²) in [5.74, 6) is 4.61. The molecule has 0 saturated carbocycles. The Morgan fingerprint density at radius 3 is 1.28 bits per heavy atom. The summed E-state index contributed by atoms with van der Waals surface area (Å²) in [4.78, 5) is 95.5. The first kappa shape index (κ1) is 82.2. The summed E-state index contributed by atoms with van der Waals surface area (Å²) in [6.07, 6.45) is 16.5. The second-order valence-corrected chi connectivity index (χ2v) is 38.6. The van der Waals surface area contributed by atoms with E-state index >= 15 is 0 Å². The minimum atomic E-state index is -1.50. The van der Waals surface area contributed by atoms with Gasteiger partial charge in [-0.15, -0.1) is 23.9 Å². The molecule has 23 nitrogen and oxygen atoms in total. The Bertz CT molecular complexity index is 6600. The molecule has 16 rings (SSSR count). The van der Waals surface area contributed by atoms with Crippen LogP contribution in [-0.4, -0.2) is 109 Å². The number of hydrogen-bond acceptors (Lipinski definition) is 18. The molecule has 1 aliphatic heterocycles. The molecule has 0 unspecified atom stereocenters. The normalized spacial score (nSPS) is 11.8. The van der Waals surface area contributed by atoms with Crippen molar-refractivity contribution in [3.63, 3.8) is 0 Å². The lowest BCUT2D eigenvalue weighted by Gasteiger charge is -2.29. The largest absolute Gasteiger partial charge is 0.505 e. The van der Waals surface area contributed by atoms with Gasteiger partial charge in [-0.1, -0.05) is 56.8 Å². The fourth-order valence-corrected chi connectivity index (χ4v) is 12.4. The molecule has 31 heteroatoms. The Balaban J connectivity index is 0.000000145. The quantitative estimate of drug-likeness (QED) is 0.0547. The van der Waals surface area contributed by atoms with E-state index in [1.165, 1.54) is 81.6 Å².